The van der Waals surface area contributed by atoms with Crippen LogP contribution in [0.2, 0.25) is 5.02 Å². The Morgan fingerprint density at radius 3 is 3.04 bits per heavy atom. The summed E-state index contributed by atoms with van der Waals surface area (Å²) in [7, 11) is 0. The van der Waals surface area contributed by atoms with Crippen LogP contribution >= 0.6 is 11.6 Å². The second kappa shape index (κ2) is 8.33. The molecule has 1 aromatic carbocycles. The van der Waals surface area contributed by atoms with Gasteiger partial charge in [-0.05, 0) is 18.6 Å². The second-order valence-corrected chi connectivity index (χ2v) is 6.11. The van der Waals surface area contributed by atoms with Gasteiger partial charge in [0.2, 0.25) is 0 Å². The van der Waals surface area contributed by atoms with Crippen molar-refractivity contribution in [2.75, 3.05) is 25.1 Å². The number of carbonyl (C=O) groups excluding carboxylic acids is 1. The first-order chi connectivity index (χ1) is 12.2. The number of benzene rings is 1. The maximum atomic E-state index is 12.3. The summed E-state index contributed by atoms with van der Waals surface area (Å²) in [5.41, 5.74) is 0.928. The van der Waals surface area contributed by atoms with E-state index in [-0.39, 0.29) is 18.2 Å². The van der Waals surface area contributed by atoms with Crippen LogP contribution < -0.4 is 10.6 Å². The number of anilines is 1. The second-order valence-electron chi connectivity index (χ2n) is 5.70. The maximum Gasteiger partial charge on any atom is 0.320 e. The van der Waals surface area contributed by atoms with E-state index in [0.29, 0.717) is 37.2 Å². The lowest BCUT2D eigenvalue weighted by atomic mass is 10.2. The molecule has 0 unspecified atom stereocenters. The number of nitrogens with one attached hydrogen (secondary N) is 2. The lowest BCUT2D eigenvalue weighted by molar-refractivity contribution is 0.0428. The Morgan fingerprint density at radius 2 is 2.24 bits per heavy atom. The van der Waals surface area contributed by atoms with Crippen LogP contribution in [0.15, 0.2) is 36.5 Å². The Labute approximate surface area is 151 Å². The van der Waals surface area contributed by atoms with Gasteiger partial charge in [-0.3, -0.25) is 5.32 Å². The Kier molecular flexibility index (Phi) is 5.91. The quantitative estimate of drug-likeness (QED) is 0.825. The molecule has 0 saturated carbocycles. The predicted molar refractivity (Wildman–Crippen MR) is 95.0 cm³/mol. The summed E-state index contributed by atoms with van der Waals surface area (Å²) in [6.07, 6.45) is 1.51. The normalized spacial score (nSPS) is 19.8. The summed E-state index contributed by atoms with van der Waals surface area (Å²) in [4.78, 5) is 12.3. The van der Waals surface area contributed by atoms with Crippen molar-refractivity contribution in [1.82, 2.24) is 15.1 Å². The minimum absolute atomic E-state index is 0.121. The molecule has 2 amide bonds. The molecule has 0 bridgehead atoms. The lowest BCUT2D eigenvalue weighted by Gasteiger charge is -2.19. The summed E-state index contributed by atoms with van der Waals surface area (Å²) < 4.78 is 12.6. The highest BCUT2D eigenvalue weighted by Crippen LogP contribution is 2.18. The van der Waals surface area contributed by atoms with Crippen LogP contribution in [0.3, 0.4) is 0 Å². The van der Waals surface area contributed by atoms with Crippen LogP contribution in [0.5, 0.6) is 0 Å². The van der Waals surface area contributed by atoms with Crippen molar-refractivity contribution in [2.45, 2.75) is 25.6 Å². The molecule has 2 atom stereocenters. The van der Waals surface area contributed by atoms with Crippen molar-refractivity contribution < 1.29 is 14.3 Å². The van der Waals surface area contributed by atoms with Crippen LogP contribution in [0.4, 0.5) is 10.6 Å². The Bertz CT molecular complexity index is 721. The van der Waals surface area contributed by atoms with E-state index >= 15 is 0 Å². The standard InChI is InChI=1S/C17H21ClN4O3/c1-2-25-15-11-24-10-14(15)20-17(23)21-16-7-8-19-22(16)9-12-5-3-4-6-13(12)18/h3-8,14-15H,2,9-11H2,1H3,(H2,20,21,23)/t14-,15-/m0/s1. The van der Waals surface area contributed by atoms with Gasteiger partial charge in [0, 0.05) is 17.7 Å². The molecular weight excluding hydrogens is 344 g/mol. The number of aromatic nitrogens is 2. The molecule has 0 spiro atoms. The summed E-state index contributed by atoms with van der Waals surface area (Å²) >= 11 is 6.19. The minimum Gasteiger partial charge on any atom is -0.376 e. The van der Waals surface area contributed by atoms with Gasteiger partial charge in [-0.15, -0.1) is 0 Å². The van der Waals surface area contributed by atoms with E-state index in [1.807, 2.05) is 31.2 Å². The first kappa shape index (κ1) is 17.7. The highest BCUT2D eigenvalue weighted by molar-refractivity contribution is 6.31. The zero-order valence-corrected chi connectivity index (χ0v) is 14.7. The van der Waals surface area contributed by atoms with Crippen LogP contribution in [0, 0.1) is 0 Å². The average molecular weight is 365 g/mol. The third kappa shape index (κ3) is 4.50. The highest BCUT2D eigenvalue weighted by Gasteiger charge is 2.30. The van der Waals surface area contributed by atoms with Crippen LogP contribution in [-0.2, 0) is 16.0 Å². The molecule has 1 aliphatic rings. The van der Waals surface area contributed by atoms with Crippen LogP contribution in [-0.4, -0.2) is 47.8 Å². The summed E-state index contributed by atoms with van der Waals surface area (Å²) in [6.45, 7) is 3.90. The molecule has 134 valence electrons. The lowest BCUT2D eigenvalue weighted by Crippen LogP contribution is -2.45. The first-order valence-corrected chi connectivity index (χ1v) is 8.57. The molecule has 2 heterocycles. The molecule has 0 radical (unpaired) electrons. The first-order valence-electron chi connectivity index (χ1n) is 8.19. The van der Waals surface area contributed by atoms with Crippen LogP contribution in [0.25, 0.3) is 0 Å². The Morgan fingerprint density at radius 1 is 1.40 bits per heavy atom. The number of urea groups is 1. The van der Waals surface area contributed by atoms with E-state index in [1.165, 1.54) is 0 Å². The number of nitrogens with zero attached hydrogens (tertiary/aromatic N) is 2. The van der Waals surface area contributed by atoms with Crippen LogP contribution in [0.1, 0.15) is 12.5 Å². The average Bonchev–Trinajstić information content (AvgIpc) is 3.20. The van der Waals surface area contributed by atoms with E-state index < -0.39 is 0 Å². The van der Waals surface area contributed by atoms with Gasteiger partial charge < -0.3 is 14.8 Å². The number of rotatable bonds is 6. The van der Waals surface area contributed by atoms with Gasteiger partial charge in [-0.25, -0.2) is 9.48 Å². The van der Waals surface area contributed by atoms with E-state index in [4.69, 9.17) is 21.1 Å². The highest BCUT2D eigenvalue weighted by atomic mass is 35.5. The molecule has 7 nitrogen and oxygen atoms in total. The fourth-order valence-electron chi connectivity index (χ4n) is 2.72. The van der Waals surface area contributed by atoms with Crippen molar-refractivity contribution in [2.24, 2.45) is 0 Å². The third-order valence-corrected chi connectivity index (χ3v) is 4.33. The minimum atomic E-state index is -0.318. The van der Waals surface area contributed by atoms with E-state index in [2.05, 4.69) is 15.7 Å². The van der Waals surface area contributed by atoms with Crippen molar-refractivity contribution in [3.8, 4) is 0 Å². The summed E-state index contributed by atoms with van der Waals surface area (Å²) in [5, 5.41) is 10.6. The van der Waals surface area contributed by atoms with Gasteiger partial charge in [0.25, 0.3) is 0 Å². The van der Waals surface area contributed by atoms with E-state index in [1.54, 1.807) is 16.9 Å². The molecular formula is C17H21ClN4O3. The van der Waals surface area contributed by atoms with Gasteiger partial charge in [0.1, 0.15) is 11.9 Å². The van der Waals surface area contributed by atoms with Crippen molar-refractivity contribution in [3.05, 3.63) is 47.1 Å². The van der Waals surface area contributed by atoms with Gasteiger partial charge in [0.05, 0.1) is 32.0 Å². The SMILES string of the molecule is CCO[C@H]1COC[C@@H]1NC(=O)Nc1ccnn1Cc1ccccc1Cl. The van der Waals surface area contributed by atoms with E-state index in [9.17, 15) is 4.79 Å². The van der Waals surface area contributed by atoms with Gasteiger partial charge in [-0.2, -0.15) is 5.10 Å². The number of hydrogen-bond acceptors (Lipinski definition) is 4. The molecule has 0 aliphatic carbocycles. The van der Waals surface area contributed by atoms with E-state index in [0.717, 1.165) is 5.56 Å². The van der Waals surface area contributed by atoms with Crippen molar-refractivity contribution >= 4 is 23.4 Å². The molecule has 8 heteroatoms. The molecule has 3 rings (SSSR count). The fourth-order valence-corrected chi connectivity index (χ4v) is 2.92. The fraction of sp³-hybridized carbons (Fsp3) is 0.412. The third-order valence-electron chi connectivity index (χ3n) is 3.96. The summed E-state index contributed by atoms with van der Waals surface area (Å²) in [5.74, 6) is 0.587. The van der Waals surface area contributed by atoms with Gasteiger partial charge in [-0.1, -0.05) is 29.8 Å². The maximum absolute atomic E-state index is 12.3. The monoisotopic (exact) mass is 364 g/mol. The largest absolute Gasteiger partial charge is 0.376 e. The Hall–Kier alpha value is -2.09. The number of ether oxygens (including phenoxy) is 2. The number of hydrogen-bond donors (Lipinski definition) is 2. The summed E-state index contributed by atoms with van der Waals surface area (Å²) in [6, 6.07) is 8.80. The van der Waals surface area contributed by atoms with Gasteiger partial charge >= 0.3 is 6.03 Å². The molecule has 1 aromatic heterocycles. The molecule has 1 aliphatic heterocycles. The predicted octanol–water partition coefficient (Wildman–Crippen LogP) is 2.51. The van der Waals surface area contributed by atoms with Crippen molar-refractivity contribution in [3.63, 3.8) is 0 Å². The molecule has 25 heavy (non-hydrogen) atoms. The topological polar surface area (TPSA) is 77.4 Å². The smallest absolute Gasteiger partial charge is 0.320 e. The molecule has 2 aromatic rings. The molecule has 1 fully saturated rings. The Balaban J connectivity index is 1.61. The van der Waals surface area contributed by atoms with Crippen molar-refractivity contribution in [1.29, 1.82) is 0 Å². The number of amides is 2. The van der Waals surface area contributed by atoms with Gasteiger partial charge in [0.15, 0.2) is 0 Å². The zero-order valence-electron chi connectivity index (χ0n) is 13.9. The number of carbonyl (C=O) groups is 1. The molecule has 1 saturated heterocycles. The number of halogens is 1. The molecule has 2 N–H and O–H groups in total. The zero-order chi connectivity index (χ0) is 17.6.